The van der Waals surface area contributed by atoms with Crippen molar-refractivity contribution in [3.63, 3.8) is 0 Å². The maximum atomic E-state index is 13.3. The third-order valence-electron chi connectivity index (χ3n) is 5.40. The summed E-state index contributed by atoms with van der Waals surface area (Å²) in [6.07, 6.45) is 5.24. The zero-order valence-electron chi connectivity index (χ0n) is 17.6. The van der Waals surface area contributed by atoms with Gasteiger partial charge in [0.25, 0.3) is 5.91 Å². The predicted octanol–water partition coefficient (Wildman–Crippen LogP) is 5.51. The van der Waals surface area contributed by atoms with Crippen LogP contribution in [0, 0.1) is 0 Å². The molecule has 0 aliphatic rings. The van der Waals surface area contributed by atoms with Crippen LogP contribution >= 0.6 is 11.6 Å². The monoisotopic (exact) mass is 434 g/mol. The van der Waals surface area contributed by atoms with Gasteiger partial charge in [0, 0.05) is 46.5 Å². The molecule has 0 saturated heterocycles. The molecule has 158 valence electrons. The molecule has 4 rings (SSSR count). The van der Waals surface area contributed by atoms with Crippen LogP contribution in [0.25, 0.3) is 22.0 Å². The van der Waals surface area contributed by atoms with Gasteiger partial charge in [-0.05, 0) is 49.7 Å². The molecule has 2 aromatic carbocycles. The van der Waals surface area contributed by atoms with Gasteiger partial charge < -0.3 is 9.64 Å². The number of aromatic nitrogens is 3. The summed E-state index contributed by atoms with van der Waals surface area (Å²) in [5.41, 5.74) is 4.17. The summed E-state index contributed by atoms with van der Waals surface area (Å²) in [5.74, 6) is 0.539. The Morgan fingerprint density at radius 1 is 1.19 bits per heavy atom. The fourth-order valence-corrected chi connectivity index (χ4v) is 3.81. The van der Waals surface area contributed by atoms with Gasteiger partial charge in [0.05, 0.1) is 24.4 Å². The lowest BCUT2D eigenvalue weighted by atomic mass is 10.0. The molecule has 2 heterocycles. The number of fused-ring (bicyclic) bond motifs is 1. The number of nitrogens with one attached hydrogen (secondary N) is 1. The topological polar surface area (TPSA) is 71.1 Å². The summed E-state index contributed by atoms with van der Waals surface area (Å²) in [5, 5.41) is 8.65. The summed E-state index contributed by atoms with van der Waals surface area (Å²) in [6.45, 7) is 4.38. The van der Waals surface area contributed by atoms with Crippen molar-refractivity contribution in [3.8, 4) is 16.9 Å². The minimum atomic E-state index is -0.202. The Bertz CT molecular complexity index is 1240. The molecule has 0 spiro atoms. The highest BCUT2D eigenvalue weighted by Gasteiger charge is 2.22. The van der Waals surface area contributed by atoms with E-state index < -0.39 is 0 Å². The number of H-pyrrole nitrogens is 1. The molecule has 0 aliphatic heterocycles. The van der Waals surface area contributed by atoms with Crippen LogP contribution in [0.1, 0.15) is 35.8 Å². The second-order valence-electron chi connectivity index (χ2n) is 7.31. The first-order valence-electron chi connectivity index (χ1n) is 10.1. The summed E-state index contributed by atoms with van der Waals surface area (Å²) in [6, 6.07) is 12.9. The van der Waals surface area contributed by atoms with Gasteiger partial charge in [0.2, 0.25) is 0 Å². The Hall–Kier alpha value is -3.38. The standard InChI is InChI=1S/C24H23ClN4O2/c1-4-31-22-11-17(8-9-20(22)16-6-5-7-19(25)10-16)24(30)29(3)15(2)21-14-26-12-18-13-27-28-23(18)21/h5-15H,4H2,1-3H3,(H,27,28)/t15-/m1/s1. The van der Waals surface area contributed by atoms with Crippen LogP contribution in [0.2, 0.25) is 5.02 Å². The lowest BCUT2D eigenvalue weighted by molar-refractivity contribution is 0.0743. The maximum absolute atomic E-state index is 13.3. The van der Waals surface area contributed by atoms with E-state index >= 15 is 0 Å². The summed E-state index contributed by atoms with van der Waals surface area (Å²) in [7, 11) is 1.79. The SMILES string of the molecule is CCOc1cc(C(=O)N(C)[C@H](C)c2cncc3cn[nH]c23)ccc1-c1cccc(Cl)c1. The van der Waals surface area contributed by atoms with Crippen LogP contribution in [0.15, 0.2) is 61.1 Å². The predicted molar refractivity (Wildman–Crippen MR) is 122 cm³/mol. The largest absolute Gasteiger partial charge is 0.493 e. The molecule has 0 aliphatic carbocycles. The van der Waals surface area contributed by atoms with Crippen molar-refractivity contribution in [3.05, 3.63) is 77.2 Å². The van der Waals surface area contributed by atoms with Gasteiger partial charge >= 0.3 is 0 Å². The number of benzene rings is 2. The summed E-state index contributed by atoms with van der Waals surface area (Å²) < 4.78 is 5.86. The Morgan fingerprint density at radius 2 is 2.03 bits per heavy atom. The first kappa shape index (κ1) is 20.9. The van der Waals surface area contributed by atoms with Crippen molar-refractivity contribution < 1.29 is 9.53 Å². The Labute approximate surface area is 185 Å². The molecular weight excluding hydrogens is 412 g/mol. The average Bonchev–Trinajstić information content (AvgIpc) is 3.27. The van der Waals surface area contributed by atoms with Gasteiger partial charge in [0.15, 0.2) is 0 Å². The molecule has 1 N–H and O–H groups in total. The van der Waals surface area contributed by atoms with E-state index in [1.54, 1.807) is 36.6 Å². The van der Waals surface area contributed by atoms with E-state index in [2.05, 4.69) is 15.2 Å². The Kier molecular flexibility index (Phi) is 5.91. The minimum absolute atomic E-state index is 0.109. The third kappa shape index (κ3) is 4.11. The van der Waals surface area contributed by atoms with Crippen LogP contribution in [-0.4, -0.2) is 39.6 Å². The number of amides is 1. The number of ether oxygens (including phenoxy) is 1. The van der Waals surface area contributed by atoms with Gasteiger partial charge in [-0.2, -0.15) is 5.10 Å². The van der Waals surface area contributed by atoms with Crippen LogP contribution < -0.4 is 4.74 Å². The molecule has 0 bridgehead atoms. The second-order valence-corrected chi connectivity index (χ2v) is 7.75. The molecule has 4 aromatic rings. The van der Waals surface area contributed by atoms with E-state index in [1.807, 2.05) is 50.2 Å². The van der Waals surface area contributed by atoms with E-state index in [9.17, 15) is 4.79 Å². The number of carbonyl (C=O) groups is 1. The normalized spacial score (nSPS) is 12.0. The number of halogens is 1. The zero-order chi connectivity index (χ0) is 22.0. The minimum Gasteiger partial charge on any atom is -0.493 e. The molecule has 6 nitrogen and oxygen atoms in total. The van der Waals surface area contributed by atoms with Gasteiger partial charge in [-0.1, -0.05) is 23.7 Å². The highest BCUT2D eigenvalue weighted by atomic mass is 35.5. The van der Waals surface area contributed by atoms with E-state index in [0.717, 1.165) is 27.6 Å². The number of pyridine rings is 1. The van der Waals surface area contributed by atoms with Crippen LogP contribution in [-0.2, 0) is 0 Å². The molecule has 1 atom stereocenters. The van der Waals surface area contributed by atoms with Gasteiger partial charge in [-0.3, -0.25) is 14.9 Å². The van der Waals surface area contributed by atoms with E-state index in [1.165, 1.54) is 0 Å². The lowest BCUT2D eigenvalue weighted by Crippen LogP contribution is -2.30. The van der Waals surface area contributed by atoms with Crippen molar-refractivity contribution in [1.29, 1.82) is 0 Å². The van der Waals surface area contributed by atoms with Crippen molar-refractivity contribution >= 4 is 28.4 Å². The molecule has 0 fully saturated rings. The smallest absolute Gasteiger partial charge is 0.254 e. The van der Waals surface area contributed by atoms with Gasteiger partial charge in [-0.25, -0.2) is 0 Å². The van der Waals surface area contributed by atoms with Crippen molar-refractivity contribution in [2.24, 2.45) is 0 Å². The van der Waals surface area contributed by atoms with Crippen LogP contribution in [0.3, 0.4) is 0 Å². The van der Waals surface area contributed by atoms with Crippen molar-refractivity contribution in [2.75, 3.05) is 13.7 Å². The quantitative estimate of drug-likeness (QED) is 0.434. The zero-order valence-corrected chi connectivity index (χ0v) is 18.3. The van der Waals surface area contributed by atoms with E-state index in [0.29, 0.717) is 22.9 Å². The number of aromatic amines is 1. The molecule has 2 aromatic heterocycles. The van der Waals surface area contributed by atoms with Gasteiger partial charge in [0.1, 0.15) is 5.75 Å². The third-order valence-corrected chi connectivity index (χ3v) is 5.64. The number of hydrogen-bond acceptors (Lipinski definition) is 4. The Morgan fingerprint density at radius 3 is 2.81 bits per heavy atom. The molecule has 7 heteroatoms. The second kappa shape index (κ2) is 8.78. The fraction of sp³-hybridized carbons (Fsp3) is 0.208. The molecular formula is C24H23ClN4O2. The number of hydrogen-bond donors (Lipinski definition) is 1. The maximum Gasteiger partial charge on any atom is 0.254 e. The van der Waals surface area contributed by atoms with E-state index in [4.69, 9.17) is 16.3 Å². The van der Waals surface area contributed by atoms with E-state index in [-0.39, 0.29) is 11.9 Å². The number of nitrogens with zero attached hydrogens (tertiary/aromatic N) is 3. The highest BCUT2D eigenvalue weighted by molar-refractivity contribution is 6.30. The number of carbonyl (C=O) groups excluding carboxylic acids is 1. The highest BCUT2D eigenvalue weighted by Crippen LogP contribution is 2.33. The first-order chi connectivity index (χ1) is 15.0. The van der Waals surface area contributed by atoms with Gasteiger partial charge in [-0.15, -0.1) is 0 Å². The molecule has 1 amide bonds. The summed E-state index contributed by atoms with van der Waals surface area (Å²) in [4.78, 5) is 19.3. The molecule has 0 saturated carbocycles. The molecule has 31 heavy (non-hydrogen) atoms. The molecule has 0 radical (unpaired) electrons. The summed E-state index contributed by atoms with van der Waals surface area (Å²) >= 11 is 6.16. The number of rotatable bonds is 6. The first-order valence-corrected chi connectivity index (χ1v) is 10.4. The average molecular weight is 435 g/mol. The fourth-order valence-electron chi connectivity index (χ4n) is 3.62. The Balaban J connectivity index is 1.66. The van der Waals surface area contributed by atoms with Crippen molar-refractivity contribution in [2.45, 2.75) is 19.9 Å². The molecule has 0 unspecified atom stereocenters. The lowest BCUT2D eigenvalue weighted by Gasteiger charge is -2.26. The van der Waals surface area contributed by atoms with Crippen LogP contribution in [0.4, 0.5) is 0 Å². The van der Waals surface area contributed by atoms with Crippen molar-refractivity contribution in [1.82, 2.24) is 20.1 Å². The van der Waals surface area contributed by atoms with Crippen LogP contribution in [0.5, 0.6) is 5.75 Å².